The van der Waals surface area contributed by atoms with E-state index in [0.717, 1.165) is 24.1 Å². The lowest BCUT2D eigenvalue weighted by Crippen LogP contribution is -2.27. The summed E-state index contributed by atoms with van der Waals surface area (Å²) in [4.78, 5) is 0. The van der Waals surface area contributed by atoms with Crippen LogP contribution in [0.4, 0.5) is 0 Å². The number of hydrogen-bond acceptors (Lipinski definition) is 3. The smallest absolute Gasteiger partial charge is 0.123 e. The molecule has 0 amide bonds. The summed E-state index contributed by atoms with van der Waals surface area (Å²) in [5.41, 5.74) is 1.19. The van der Waals surface area contributed by atoms with Gasteiger partial charge in [0.05, 0.1) is 12.7 Å². The van der Waals surface area contributed by atoms with Crippen molar-refractivity contribution in [1.29, 1.82) is 0 Å². The van der Waals surface area contributed by atoms with Gasteiger partial charge in [-0.15, -0.1) is 0 Å². The second kappa shape index (κ2) is 8.40. The maximum absolute atomic E-state index is 6.00. The van der Waals surface area contributed by atoms with Gasteiger partial charge in [0.15, 0.2) is 0 Å². The first-order chi connectivity index (χ1) is 10.2. The van der Waals surface area contributed by atoms with Gasteiger partial charge in [-0.25, -0.2) is 0 Å². The van der Waals surface area contributed by atoms with E-state index in [1.54, 1.807) is 0 Å². The molecule has 1 N–H and O–H groups in total. The number of ether oxygens (including phenoxy) is 2. The molecule has 2 rings (SSSR count). The number of rotatable bonds is 7. The van der Waals surface area contributed by atoms with E-state index in [2.05, 4.69) is 25.2 Å². The lowest BCUT2D eigenvalue weighted by Gasteiger charge is -2.31. The fourth-order valence-corrected chi connectivity index (χ4v) is 3.36. The van der Waals surface area contributed by atoms with Crippen LogP contribution < -0.4 is 10.1 Å². The highest BCUT2D eigenvalue weighted by Crippen LogP contribution is 2.30. The Morgan fingerprint density at radius 2 is 1.76 bits per heavy atom. The van der Waals surface area contributed by atoms with E-state index >= 15 is 0 Å². The zero-order chi connectivity index (χ0) is 15.1. The summed E-state index contributed by atoms with van der Waals surface area (Å²) in [7, 11) is 1.95. The number of benzene rings is 1. The molecule has 0 spiro atoms. The van der Waals surface area contributed by atoms with Crippen molar-refractivity contribution in [2.24, 2.45) is 11.8 Å². The van der Waals surface area contributed by atoms with Crippen molar-refractivity contribution in [2.75, 3.05) is 20.3 Å². The Balaban J connectivity index is 1.72. The zero-order valence-corrected chi connectivity index (χ0v) is 13.6. The van der Waals surface area contributed by atoms with Gasteiger partial charge in [0.25, 0.3) is 0 Å². The molecule has 1 saturated carbocycles. The molecule has 0 heterocycles. The van der Waals surface area contributed by atoms with Gasteiger partial charge >= 0.3 is 0 Å². The van der Waals surface area contributed by atoms with E-state index in [0.29, 0.717) is 19.3 Å². The molecule has 3 heteroatoms. The number of nitrogens with one attached hydrogen (secondary N) is 1. The van der Waals surface area contributed by atoms with Crippen LogP contribution >= 0.6 is 0 Å². The summed E-state index contributed by atoms with van der Waals surface area (Å²) in [6, 6.07) is 8.18. The number of hydrogen-bond donors (Lipinski definition) is 1. The Morgan fingerprint density at radius 3 is 2.48 bits per heavy atom. The first kappa shape index (κ1) is 16.3. The van der Waals surface area contributed by atoms with Crippen LogP contribution in [0.5, 0.6) is 5.75 Å². The molecule has 0 saturated heterocycles. The van der Waals surface area contributed by atoms with E-state index in [4.69, 9.17) is 9.47 Å². The quantitative estimate of drug-likeness (QED) is 0.778. The Kier molecular flexibility index (Phi) is 6.52. The maximum Gasteiger partial charge on any atom is 0.123 e. The van der Waals surface area contributed by atoms with E-state index in [1.807, 2.05) is 25.2 Å². The first-order valence-corrected chi connectivity index (χ1v) is 8.16. The van der Waals surface area contributed by atoms with Gasteiger partial charge in [0, 0.05) is 12.1 Å². The third-order valence-electron chi connectivity index (χ3n) is 4.17. The Morgan fingerprint density at radius 1 is 1.05 bits per heavy atom. The van der Waals surface area contributed by atoms with Crippen molar-refractivity contribution in [3.63, 3.8) is 0 Å². The molecule has 0 aliphatic heterocycles. The lowest BCUT2D eigenvalue weighted by atomic mass is 9.82. The second-order valence-electron chi connectivity index (χ2n) is 6.40. The first-order valence-electron chi connectivity index (χ1n) is 8.16. The van der Waals surface area contributed by atoms with Crippen molar-refractivity contribution >= 4 is 0 Å². The van der Waals surface area contributed by atoms with Crippen LogP contribution in [0, 0.1) is 11.8 Å². The molecule has 1 aromatic carbocycles. The average Bonchev–Trinajstić information content (AvgIpc) is 2.44. The Hall–Kier alpha value is -1.06. The van der Waals surface area contributed by atoms with Gasteiger partial charge in [-0.2, -0.15) is 0 Å². The Bertz CT molecular complexity index is 411. The van der Waals surface area contributed by atoms with E-state index < -0.39 is 0 Å². The maximum atomic E-state index is 6.00. The van der Waals surface area contributed by atoms with Crippen molar-refractivity contribution in [2.45, 2.75) is 45.8 Å². The fourth-order valence-electron chi connectivity index (χ4n) is 3.36. The highest BCUT2D eigenvalue weighted by atomic mass is 16.5. The summed E-state index contributed by atoms with van der Waals surface area (Å²) < 4.78 is 11.9. The minimum atomic E-state index is 0.417. The predicted molar refractivity (Wildman–Crippen MR) is 86.6 cm³/mol. The molecule has 1 fully saturated rings. The molecule has 2 unspecified atom stereocenters. The second-order valence-corrected chi connectivity index (χ2v) is 6.40. The molecular weight excluding hydrogens is 262 g/mol. The van der Waals surface area contributed by atoms with E-state index in [1.165, 1.54) is 24.8 Å². The fraction of sp³-hybridized carbons (Fsp3) is 0.667. The standard InChI is InChI=1S/C18H29NO2/c1-14-10-15(2)12-17(11-14)20-8-9-21-18-7-5-4-6-16(18)13-19-3/h4-7,14-15,17,19H,8-13H2,1-3H3. The van der Waals surface area contributed by atoms with E-state index in [-0.39, 0.29) is 0 Å². The van der Waals surface area contributed by atoms with Crippen LogP contribution in [0.3, 0.4) is 0 Å². The van der Waals surface area contributed by atoms with Crippen molar-refractivity contribution in [3.05, 3.63) is 29.8 Å². The minimum Gasteiger partial charge on any atom is -0.491 e. The normalized spacial score (nSPS) is 25.8. The van der Waals surface area contributed by atoms with Crippen molar-refractivity contribution < 1.29 is 9.47 Å². The van der Waals surface area contributed by atoms with Crippen LogP contribution in [-0.2, 0) is 11.3 Å². The summed E-state index contributed by atoms with van der Waals surface area (Å²) in [5, 5.41) is 3.16. The molecule has 0 radical (unpaired) electrons. The molecule has 0 aromatic heterocycles. The summed E-state index contributed by atoms with van der Waals surface area (Å²) >= 11 is 0. The van der Waals surface area contributed by atoms with Crippen LogP contribution in [-0.4, -0.2) is 26.4 Å². The van der Waals surface area contributed by atoms with Gasteiger partial charge in [-0.05, 0) is 44.2 Å². The molecule has 3 nitrogen and oxygen atoms in total. The van der Waals surface area contributed by atoms with Gasteiger partial charge in [0.1, 0.15) is 12.4 Å². The van der Waals surface area contributed by atoms with Gasteiger partial charge < -0.3 is 14.8 Å². The average molecular weight is 291 g/mol. The summed E-state index contributed by atoms with van der Waals surface area (Å²) in [6.07, 6.45) is 4.15. The highest BCUT2D eigenvalue weighted by Gasteiger charge is 2.24. The van der Waals surface area contributed by atoms with Gasteiger partial charge in [-0.3, -0.25) is 0 Å². The third kappa shape index (κ3) is 5.33. The topological polar surface area (TPSA) is 30.5 Å². The predicted octanol–water partition coefficient (Wildman–Crippen LogP) is 3.63. The molecular formula is C18H29NO2. The largest absolute Gasteiger partial charge is 0.491 e. The van der Waals surface area contributed by atoms with Crippen LogP contribution in [0.1, 0.15) is 38.7 Å². The molecule has 1 aliphatic carbocycles. The lowest BCUT2D eigenvalue weighted by molar-refractivity contribution is -0.0108. The molecule has 0 bridgehead atoms. The molecule has 1 aromatic rings. The van der Waals surface area contributed by atoms with Gasteiger partial charge in [0.2, 0.25) is 0 Å². The van der Waals surface area contributed by atoms with Crippen LogP contribution in [0.25, 0.3) is 0 Å². The van der Waals surface area contributed by atoms with Crippen molar-refractivity contribution in [3.8, 4) is 5.75 Å². The van der Waals surface area contributed by atoms with Crippen LogP contribution in [0.15, 0.2) is 24.3 Å². The summed E-state index contributed by atoms with van der Waals surface area (Å²) in [6.45, 7) is 6.79. The minimum absolute atomic E-state index is 0.417. The molecule has 21 heavy (non-hydrogen) atoms. The zero-order valence-electron chi connectivity index (χ0n) is 13.6. The monoisotopic (exact) mass is 291 g/mol. The SMILES string of the molecule is CNCc1ccccc1OCCOC1CC(C)CC(C)C1. The summed E-state index contributed by atoms with van der Waals surface area (Å²) in [5.74, 6) is 2.54. The molecule has 1 aliphatic rings. The van der Waals surface area contributed by atoms with Gasteiger partial charge in [-0.1, -0.05) is 32.0 Å². The van der Waals surface area contributed by atoms with E-state index in [9.17, 15) is 0 Å². The Labute approximate surface area is 129 Å². The highest BCUT2D eigenvalue weighted by molar-refractivity contribution is 5.33. The molecule has 118 valence electrons. The van der Waals surface area contributed by atoms with Crippen LogP contribution in [0.2, 0.25) is 0 Å². The molecule has 2 atom stereocenters. The third-order valence-corrected chi connectivity index (χ3v) is 4.17. The number of para-hydroxylation sites is 1. The van der Waals surface area contributed by atoms with Crippen molar-refractivity contribution in [1.82, 2.24) is 5.32 Å².